The number of ether oxygens (including phenoxy) is 1. The fourth-order valence-electron chi connectivity index (χ4n) is 0.867. The summed E-state index contributed by atoms with van der Waals surface area (Å²) in [4.78, 5) is 2.96. The normalized spacial score (nSPS) is 10.4. The monoisotopic (exact) mass is 150 g/mol. The lowest BCUT2D eigenvalue weighted by atomic mass is 10.2. The standard InChI is InChI=1S/C9H11NO/c1-10-7-8-3-5-9(11-2)6-4-8/h3-7H,1-2H3/p+1. The van der Waals surface area contributed by atoms with Gasteiger partial charge in [0, 0.05) is 5.56 Å². The first kappa shape index (κ1) is 7.79. The molecule has 1 aromatic rings. The minimum Gasteiger partial charge on any atom is -0.497 e. The summed E-state index contributed by atoms with van der Waals surface area (Å²) in [5.41, 5.74) is 1.15. The van der Waals surface area contributed by atoms with Crippen LogP contribution in [0.15, 0.2) is 24.3 Å². The van der Waals surface area contributed by atoms with Gasteiger partial charge in [0.25, 0.3) is 0 Å². The van der Waals surface area contributed by atoms with E-state index in [0.29, 0.717) is 0 Å². The zero-order valence-corrected chi connectivity index (χ0v) is 6.79. The lowest BCUT2D eigenvalue weighted by molar-refractivity contribution is -0.413. The van der Waals surface area contributed by atoms with Crippen LogP contribution in [0.4, 0.5) is 0 Å². The smallest absolute Gasteiger partial charge is 0.168 e. The topological polar surface area (TPSA) is 23.2 Å². The van der Waals surface area contributed by atoms with E-state index in [0.717, 1.165) is 11.3 Å². The fourth-order valence-corrected chi connectivity index (χ4v) is 0.867. The molecule has 0 aliphatic carbocycles. The van der Waals surface area contributed by atoms with E-state index in [9.17, 15) is 0 Å². The summed E-state index contributed by atoms with van der Waals surface area (Å²) in [6.07, 6.45) is 1.93. The second kappa shape index (κ2) is 3.76. The summed E-state index contributed by atoms with van der Waals surface area (Å²) in [6, 6.07) is 7.86. The summed E-state index contributed by atoms with van der Waals surface area (Å²) in [6.45, 7) is 0. The Morgan fingerprint density at radius 2 is 1.91 bits per heavy atom. The van der Waals surface area contributed by atoms with Crippen molar-refractivity contribution < 1.29 is 9.73 Å². The van der Waals surface area contributed by atoms with Crippen molar-refractivity contribution in [3.63, 3.8) is 0 Å². The lowest BCUT2D eigenvalue weighted by Crippen LogP contribution is -2.63. The van der Waals surface area contributed by atoms with E-state index in [1.54, 1.807) is 7.11 Å². The molecule has 1 aromatic carbocycles. The number of hydrogen-bond acceptors (Lipinski definition) is 1. The quantitative estimate of drug-likeness (QED) is 0.581. The molecule has 0 saturated heterocycles. The molecule has 0 radical (unpaired) electrons. The summed E-state index contributed by atoms with van der Waals surface area (Å²) >= 11 is 0. The van der Waals surface area contributed by atoms with Crippen LogP contribution in [-0.4, -0.2) is 20.4 Å². The van der Waals surface area contributed by atoms with Crippen LogP contribution in [0.3, 0.4) is 0 Å². The predicted octanol–water partition coefficient (Wildman–Crippen LogP) is -0.175. The molecule has 1 rings (SSSR count). The molecule has 0 aliphatic heterocycles. The van der Waals surface area contributed by atoms with Crippen LogP contribution in [0.5, 0.6) is 5.75 Å². The van der Waals surface area contributed by atoms with Crippen molar-refractivity contribution >= 4 is 6.21 Å². The maximum absolute atomic E-state index is 5.01. The summed E-state index contributed by atoms with van der Waals surface area (Å²) in [5, 5.41) is 0. The molecule has 58 valence electrons. The Morgan fingerprint density at radius 3 is 2.36 bits per heavy atom. The van der Waals surface area contributed by atoms with Gasteiger partial charge in [-0.05, 0) is 24.3 Å². The highest BCUT2D eigenvalue weighted by molar-refractivity contribution is 5.74. The van der Waals surface area contributed by atoms with E-state index >= 15 is 0 Å². The highest BCUT2D eigenvalue weighted by Crippen LogP contribution is 2.08. The molecule has 0 aromatic heterocycles. The number of rotatable bonds is 2. The van der Waals surface area contributed by atoms with Gasteiger partial charge in [0.2, 0.25) is 0 Å². The lowest BCUT2D eigenvalue weighted by Gasteiger charge is -1.96. The Labute approximate surface area is 66.5 Å². The second-order valence-corrected chi connectivity index (χ2v) is 2.21. The van der Waals surface area contributed by atoms with Gasteiger partial charge in [-0.3, -0.25) is 4.99 Å². The predicted molar refractivity (Wildman–Crippen MR) is 45.0 cm³/mol. The van der Waals surface area contributed by atoms with Crippen molar-refractivity contribution in [2.75, 3.05) is 14.2 Å². The number of benzene rings is 1. The van der Waals surface area contributed by atoms with Crippen molar-refractivity contribution in [2.24, 2.45) is 0 Å². The van der Waals surface area contributed by atoms with Gasteiger partial charge in [0.1, 0.15) is 12.8 Å². The highest BCUT2D eigenvalue weighted by Gasteiger charge is 1.91. The van der Waals surface area contributed by atoms with Gasteiger partial charge < -0.3 is 4.74 Å². The molecule has 0 aliphatic rings. The molecule has 1 N–H and O–H groups in total. The average Bonchev–Trinajstić information content (AvgIpc) is 2.07. The van der Waals surface area contributed by atoms with Gasteiger partial charge in [-0.2, -0.15) is 0 Å². The van der Waals surface area contributed by atoms with E-state index < -0.39 is 0 Å². The first-order valence-electron chi connectivity index (χ1n) is 3.51. The number of nitrogens with one attached hydrogen (secondary N) is 1. The molecule has 0 fully saturated rings. The molecule has 0 unspecified atom stereocenters. The van der Waals surface area contributed by atoms with Crippen LogP contribution >= 0.6 is 0 Å². The zero-order valence-electron chi connectivity index (χ0n) is 6.79. The molecule has 0 amide bonds. The Morgan fingerprint density at radius 1 is 1.27 bits per heavy atom. The molecule has 0 spiro atoms. The Hall–Kier alpha value is -1.31. The summed E-state index contributed by atoms with van der Waals surface area (Å²) < 4.78 is 5.01. The van der Waals surface area contributed by atoms with Crippen LogP contribution in [0.2, 0.25) is 0 Å². The van der Waals surface area contributed by atoms with Gasteiger partial charge in [-0.15, -0.1) is 0 Å². The number of methoxy groups -OCH3 is 1. The summed E-state index contributed by atoms with van der Waals surface area (Å²) in [5.74, 6) is 0.887. The number of hydrogen-bond donors (Lipinski definition) is 1. The molecule has 2 nitrogen and oxygen atoms in total. The highest BCUT2D eigenvalue weighted by atomic mass is 16.5. The Bertz CT molecular complexity index is 238. The van der Waals surface area contributed by atoms with Crippen LogP contribution in [0, 0.1) is 0 Å². The first-order valence-corrected chi connectivity index (χ1v) is 3.51. The van der Waals surface area contributed by atoms with Crippen LogP contribution < -0.4 is 9.73 Å². The van der Waals surface area contributed by atoms with Gasteiger partial charge in [-0.25, -0.2) is 0 Å². The van der Waals surface area contributed by atoms with Crippen LogP contribution in [0.1, 0.15) is 5.56 Å². The van der Waals surface area contributed by atoms with Crippen LogP contribution in [0.25, 0.3) is 0 Å². The van der Waals surface area contributed by atoms with E-state index in [2.05, 4.69) is 4.99 Å². The van der Waals surface area contributed by atoms with Crippen molar-refractivity contribution in [1.82, 2.24) is 0 Å². The molecule has 2 heteroatoms. The van der Waals surface area contributed by atoms with Gasteiger partial charge in [0.05, 0.1) is 7.11 Å². The first-order chi connectivity index (χ1) is 5.36. The minimum atomic E-state index is 0.887. The third-order valence-corrected chi connectivity index (χ3v) is 1.43. The van der Waals surface area contributed by atoms with E-state index in [1.807, 2.05) is 37.5 Å². The average molecular weight is 150 g/mol. The van der Waals surface area contributed by atoms with Gasteiger partial charge >= 0.3 is 0 Å². The molecule has 0 bridgehead atoms. The maximum Gasteiger partial charge on any atom is 0.168 e. The van der Waals surface area contributed by atoms with E-state index in [-0.39, 0.29) is 0 Å². The molecular formula is C9H12NO+. The van der Waals surface area contributed by atoms with Gasteiger partial charge in [0.15, 0.2) is 6.21 Å². The van der Waals surface area contributed by atoms with E-state index in [1.165, 1.54) is 0 Å². The van der Waals surface area contributed by atoms with Crippen molar-refractivity contribution in [2.45, 2.75) is 0 Å². The SMILES string of the molecule is C[NH+]=Cc1ccc(OC)cc1. The van der Waals surface area contributed by atoms with Crippen molar-refractivity contribution in [3.8, 4) is 5.75 Å². The molecule has 0 atom stereocenters. The van der Waals surface area contributed by atoms with Crippen molar-refractivity contribution in [1.29, 1.82) is 0 Å². The second-order valence-electron chi connectivity index (χ2n) is 2.21. The minimum absolute atomic E-state index is 0.887. The molecule has 0 heterocycles. The maximum atomic E-state index is 5.01. The largest absolute Gasteiger partial charge is 0.497 e. The summed E-state index contributed by atoms with van der Waals surface area (Å²) in [7, 11) is 3.54. The van der Waals surface area contributed by atoms with Crippen molar-refractivity contribution in [3.05, 3.63) is 29.8 Å². The van der Waals surface area contributed by atoms with Gasteiger partial charge in [-0.1, -0.05) is 0 Å². The zero-order chi connectivity index (χ0) is 8.10. The fraction of sp³-hybridized carbons (Fsp3) is 0.222. The Kier molecular flexibility index (Phi) is 2.66. The molecular weight excluding hydrogens is 138 g/mol. The Balaban J connectivity index is 2.82. The molecule has 0 saturated carbocycles. The third-order valence-electron chi connectivity index (χ3n) is 1.43. The van der Waals surface area contributed by atoms with Crippen LogP contribution in [-0.2, 0) is 0 Å². The third kappa shape index (κ3) is 2.08. The van der Waals surface area contributed by atoms with E-state index in [4.69, 9.17) is 4.74 Å². The molecule has 11 heavy (non-hydrogen) atoms.